The van der Waals surface area contributed by atoms with Crippen LogP contribution in [0.5, 0.6) is 0 Å². The highest BCUT2D eigenvalue weighted by atomic mass is 16.1. The number of fused-ring (bicyclic) bond motifs is 2. The smallest absolute Gasteiger partial charge is 0.267 e. The van der Waals surface area contributed by atoms with Crippen molar-refractivity contribution >= 4 is 28.3 Å². The van der Waals surface area contributed by atoms with Crippen LogP contribution in [-0.4, -0.2) is 41.6 Å². The van der Waals surface area contributed by atoms with E-state index in [1.54, 1.807) is 20.1 Å². The van der Waals surface area contributed by atoms with Gasteiger partial charge in [-0.15, -0.1) is 0 Å². The lowest BCUT2D eigenvalue weighted by atomic mass is 10.1. The fourth-order valence-electron chi connectivity index (χ4n) is 4.43. The molecule has 1 aliphatic rings. The largest absolute Gasteiger partial charge is 0.366 e. The monoisotopic (exact) mass is 532 g/mol. The lowest BCUT2D eigenvalue weighted by Crippen LogP contribution is -2.24. The predicted molar refractivity (Wildman–Crippen MR) is 155 cm³/mol. The summed E-state index contributed by atoms with van der Waals surface area (Å²) in [5.74, 6) is 7.16. The summed E-state index contributed by atoms with van der Waals surface area (Å²) in [4.78, 5) is 29.1. The number of hydrogen-bond acceptors (Lipinski definition) is 6. The van der Waals surface area contributed by atoms with Gasteiger partial charge in [-0.05, 0) is 37.3 Å². The summed E-state index contributed by atoms with van der Waals surface area (Å²) in [6.07, 6.45) is 7.67. The number of benzene rings is 2. The van der Waals surface area contributed by atoms with Gasteiger partial charge in [-0.2, -0.15) is 10.2 Å². The average molecular weight is 533 g/mol. The summed E-state index contributed by atoms with van der Waals surface area (Å²) in [5, 5.41) is 11.7. The molecule has 4 heterocycles. The van der Waals surface area contributed by atoms with Crippen LogP contribution < -0.4 is 16.6 Å². The average Bonchev–Trinajstić information content (AvgIpc) is 3.59. The molecule has 0 spiro atoms. The number of aryl methyl sites for hydroxylation is 2. The van der Waals surface area contributed by atoms with Crippen molar-refractivity contribution in [1.29, 1.82) is 0 Å². The van der Waals surface area contributed by atoms with Gasteiger partial charge in [0.2, 0.25) is 0 Å². The fourth-order valence-corrected chi connectivity index (χ4v) is 4.43. The quantitative estimate of drug-likeness (QED) is 0.343. The second-order valence-corrected chi connectivity index (χ2v) is 9.12. The van der Waals surface area contributed by atoms with Crippen molar-refractivity contribution in [2.75, 3.05) is 11.9 Å². The van der Waals surface area contributed by atoms with E-state index < -0.39 is 5.91 Å². The Morgan fingerprint density at radius 2 is 1.88 bits per heavy atom. The second-order valence-electron chi connectivity index (χ2n) is 9.12. The minimum atomic E-state index is -0.455. The number of rotatable bonds is 3. The van der Waals surface area contributed by atoms with Gasteiger partial charge in [0.05, 0.1) is 34.5 Å². The molecule has 6 rings (SSSR count). The molecule has 3 N–H and O–H groups in total. The van der Waals surface area contributed by atoms with Crippen molar-refractivity contribution in [2.24, 2.45) is 12.8 Å². The Bertz CT molecular complexity index is 1870. The fraction of sp³-hybridized carbons (Fsp3) is 0.167. The summed E-state index contributed by atoms with van der Waals surface area (Å²) < 4.78 is 5.05. The standard InChI is InChI=1S/C22H18N4O.C8H10N4O/c1-3-20-24-19-11-7-8-17(13-12-16-14-23-25(2)15-16)21(19)22(27)26(20)18-9-5-4-6-10-18;1-5-2-3-10-8-6(7(9)13)4-11-12(5)8/h4-11,14-15H,3H2,1-2H3;2,4,10H,3H2,1H3,(H2,9,13). The highest BCUT2D eigenvalue weighted by Crippen LogP contribution is 2.21. The molecule has 0 atom stereocenters. The molecule has 10 nitrogen and oxygen atoms in total. The number of nitrogens with zero attached hydrogens (tertiary/aromatic N) is 6. The summed E-state index contributed by atoms with van der Waals surface area (Å²) in [7, 11) is 1.85. The van der Waals surface area contributed by atoms with Crippen molar-refractivity contribution in [1.82, 2.24) is 29.1 Å². The zero-order valence-electron chi connectivity index (χ0n) is 22.4. The Hall–Kier alpha value is -5.43. The molecule has 1 aliphatic heterocycles. The van der Waals surface area contributed by atoms with Gasteiger partial charge in [0, 0.05) is 37.5 Å². The summed E-state index contributed by atoms with van der Waals surface area (Å²) in [5.41, 5.74) is 9.46. The van der Waals surface area contributed by atoms with Crippen molar-refractivity contribution in [3.05, 3.63) is 106 Å². The lowest BCUT2D eigenvalue weighted by molar-refractivity contribution is 0.100. The normalized spacial score (nSPS) is 11.8. The molecule has 5 aromatic rings. The minimum Gasteiger partial charge on any atom is -0.366 e. The van der Waals surface area contributed by atoms with E-state index in [1.807, 2.05) is 81.7 Å². The Balaban J connectivity index is 0.000000207. The minimum absolute atomic E-state index is 0.0980. The third kappa shape index (κ3) is 5.13. The highest BCUT2D eigenvalue weighted by molar-refractivity contribution is 5.98. The van der Waals surface area contributed by atoms with Crippen LogP contribution in [0.1, 0.15) is 41.2 Å². The molecule has 3 aromatic heterocycles. The van der Waals surface area contributed by atoms with Crippen LogP contribution >= 0.6 is 0 Å². The first kappa shape index (κ1) is 26.2. The number of carbonyl (C=O) groups excluding carboxylic acids is 1. The van der Waals surface area contributed by atoms with Gasteiger partial charge in [-0.3, -0.25) is 18.8 Å². The number of anilines is 1. The van der Waals surface area contributed by atoms with Crippen LogP contribution in [0.25, 0.3) is 22.3 Å². The number of amides is 1. The number of nitrogens with two attached hydrogens (primary N) is 1. The maximum Gasteiger partial charge on any atom is 0.267 e. The van der Waals surface area contributed by atoms with Crippen LogP contribution in [0.15, 0.2) is 78.0 Å². The van der Waals surface area contributed by atoms with Crippen LogP contribution in [0, 0.1) is 11.8 Å². The first-order chi connectivity index (χ1) is 19.4. The number of allylic oxidation sites excluding steroid dienone is 1. The number of nitrogens with one attached hydrogen (secondary N) is 1. The zero-order valence-corrected chi connectivity index (χ0v) is 22.4. The van der Waals surface area contributed by atoms with E-state index in [9.17, 15) is 9.59 Å². The van der Waals surface area contributed by atoms with E-state index in [0.29, 0.717) is 40.8 Å². The van der Waals surface area contributed by atoms with E-state index in [1.165, 1.54) is 6.20 Å². The van der Waals surface area contributed by atoms with Crippen molar-refractivity contribution in [3.8, 4) is 17.5 Å². The Morgan fingerprint density at radius 1 is 1.07 bits per heavy atom. The topological polar surface area (TPSA) is 126 Å². The molecule has 10 heteroatoms. The van der Waals surface area contributed by atoms with Crippen LogP contribution in [0.4, 0.5) is 5.82 Å². The number of aromatic nitrogens is 6. The van der Waals surface area contributed by atoms with Crippen LogP contribution in [-0.2, 0) is 13.5 Å². The summed E-state index contributed by atoms with van der Waals surface area (Å²) in [6, 6.07) is 15.2. The number of para-hydroxylation sites is 1. The highest BCUT2D eigenvalue weighted by Gasteiger charge is 2.17. The maximum absolute atomic E-state index is 13.4. The van der Waals surface area contributed by atoms with E-state index in [0.717, 1.165) is 22.8 Å². The molecule has 0 bridgehead atoms. The van der Waals surface area contributed by atoms with Crippen molar-refractivity contribution in [2.45, 2.75) is 20.3 Å². The molecule has 2 aromatic carbocycles. The Kier molecular flexibility index (Phi) is 7.29. The zero-order chi connectivity index (χ0) is 28.2. The van der Waals surface area contributed by atoms with E-state index in [2.05, 4.69) is 27.4 Å². The number of primary amides is 1. The predicted octanol–water partition coefficient (Wildman–Crippen LogP) is 3.35. The summed E-state index contributed by atoms with van der Waals surface area (Å²) in [6.45, 7) is 4.64. The number of carbonyl (C=O) groups is 1. The molecule has 1 amide bonds. The van der Waals surface area contributed by atoms with Gasteiger partial charge in [0.15, 0.2) is 0 Å². The third-order valence-electron chi connectivity index (χ3n) is 6.38. The van der Waals surface area contributed by atoms with Gasteiger partial charge >= 0.3 is 0 Å². The van der Waals surface area contributed by atoms with Gasteiger partial charge in [0.25, 0.3) is 11.5 Å². The summed E-state index contributed by atoms with van der Waals surface area (Å²) >= 11 is 0. The first-order valence-corrected chi connectivity index (χ1v) is 12.8. The lowest BCUT2D eigenvalue weighted by Gasteiger charge is -2.15. The van der Waals surface area contributed by atoms with E-state index >= 15 is 0 Å². The van der Waals surface area contributed by atoms with Crippen molar-refractivity contribution in [3.63, 3.8) is 0 Å². The van der Waals surface area contributed by atoms with Crippen LogP contribution in [0.2, 0.25) is 0 Å². The first-order valence-electron chi connectivity index (χ1n) is 12.8. The molecule has 0 saturated heterocycles. The maximum atomic E-state index is 13.4. The molecule has 0 radical (unpaired) electrons. The van der Waals surface area contributed by atoms with Gasteiger partial charge in [0.1, 0.15) is 17.2 Å². The molecule has 0 saturated carbocycles. The van der Waals surface area contributed by atoms with Gasteiger partial charge in [-0.25, -0.2) is 9.67 Å². The Morgan fingerprint density at radius 3 is 2.58 bits per heavy atom. The molecular weight excluding hydrogens is 504 g/mol. The van der Waals surface area contributed by atoms with Crippen molar-refractivity contribution < 1.29 is 4.79 Å². The molecule has 0 aliphatic carbocycles. The third-order valence-corrected chi connectivity index (χ3v) is 6.38. The number of hydrogen-bond donors (Lipinski definition) is 2. The SMILES string of the molecule is CC1=CCNc2c(C(N)=O)cnn21.CCc1nc2cccc(C#Cc3cnn(C)c3)c2c(=O)n1-c1ccccc1. The molecule has 200 valence electrons. The molecule has 40 heavy (non-hydrogen) atoms. The van der Waals surface area contributed by atoms with Gasteiger partial charge < -0.3 is 11.1 Å². The van der Waals surface area contributed by atoms with E-state index in [-0.39, 0.29) is 5.56 Å². The van der Waals surface area contributed by atoms with Crippen LogP contribution in [0.3, 0.4) is 0 Å². The molecule has 0 unspecified atom stereocenters. The second kappa shape index (κ2) is 11.1. The van der Waals surface area contributed by atoms with E-state index in [4.69, 9.17) is 10.7 Å². The molecular formula is C30H28N8O2. The Labute approximate surface area is 230 Å². The molecule has 0 fully saturated rings. The van der Waals surface area contributed by atoms with Gasteiger partial charge in [-0.1, -0.05) is 43.0 Å².